The molecule has 1 saturated heterocycles. The molecule has 5 rings (SSSR count). The Kier molecular flexibility index (Phi) is 6.74. The summed E-state index contributed by atoms with van der Waals surface area (Å²) in [6.45, 7) is 1.55. The van der Waals surface area contributed by atoms with Crippen molar-refractivity contribution in [2.45, 2.75) is 25.3 Å². The number of carbonyl (C=O) groups is 1. The van der Waals surface area contributed by atoms with E-state index in [0.717, 1.165) is 43.7 Å². The van der Waals surface area contributed by atoms with Gasteiger partial charge in [0.15, 0.2) is 0 Å². The highest BCUT2D eigenvalue weighted by molar-refractivity contribution is 6.30. The van der Waals surface area contributed by atoms with Gasteiger partial charge in [-0.3, -0.25) is 9.48 Å². The Hall–Kier alpha value is -3.36. The lowest BCUT2D eigenvalue weighted by Crippen LogP contribution is -2.30. The number of amides is 1. The summed E-state index contributed by atoms with van der Waals surface area (Å²) in [5.41, 5.74) is 2.29. The zero-order valence-electron chi connectivity index (χ0n) is 19.2. The summed E-state index contributed by atoms with van der Waals surface area (Å²) in [4.78, 5) is 22.5. The molecule has 35 heavy (non-hydrogen) atoms. The summed E-state index contributed by atoms with van der Waals surface area (Å²) in [5.74, 6) is 0.401. The number of nitrogens with zero attached hydrogens (tertiary/aromatic N) is 4. The number of aryl methyl sites for hydroxylation is 1. The highest BCUT2D eigenvalue weighted by Crippen LogP contribution is 2.26. The van der Waals surface area contributed by atoms with Crippen LogP contribution in [0.5, 0.6) is 0 Å². The number of rotatable bonds is 6. The molecule has 1 amide bonds. The van der Waals surface area contributed by atoms with Crippen LogP contribution in [0.25, 0.3) is 10.9 Å². The van der Waals surface area contributed by atoms with E-state index in [4.69, 9.17) is 21.3 Å². The highest BCUT2D eigenvalue weighted by Gasteiger charge is 2.22. The van der Waals surface area contributed by atoms with Crippen molar-refractivity contribution in [3.63, 3.8) is 0 Å². The average molecular weight is 494 g/mol. The lowest BCUT2D eigenvalue weighted by molar-refractivity contribution is 0.0660. The number of aromatic nitrogens is 4. The smallest absolute Gasteiger partial charge is 0.252 e. The predicted octanol–water partition coefficient (Wildman–Crippen LogP) is 4.64. The SMILES string of the molecule is Cn1ccc(C(NC(=O)c2ccc3cnc(CC4CCOCC4)nc3c2)c2ccc(Cl)c(F)c2)n1. The number of halogens is 2. The molecule has 1 N–H and O–H groups in total. The van der Waals surface area contributed by atoms with Crippen molar-refractivity contribution in [3.05, 3.63) is 88.3 Å². The Morgan fingerprint density at radius 3 is 2.80 bits per heavy atom. The van der Waals surface area contributed by atoms with Crippen molar-refractivity contribution in [1.82, 2.24) is 25.1 Å². The van der Waals surface area contributed by atoms with Crippen LogP contribution in [0, 0.1) is 11.7 Å². The first-order valence-electron chi connectivity index (χ1n) is 11.5. The first-order valence-corrected chi connectivity index (χ1v) is 11.9. The molecule has 0 spiro atoms. The van der Waals surface area contributed by atoms with E-state index in [1.165, 1.54) is 12.1 Å². The van der Waals surface area contributed by atoms with Crippen molar-refractivity contribution >= 4 is 28.4 Å². The van der Waals surface area contributed by atoms with Crippen molar-refractivity contribution in [3.8, 4) is 0 Å². The zero-order chi connectivity index (χ0) is 24.4. The summed E-state index contributed by atoms with van der Waals surface area (Å²) in [7, 11) is 1.78. The molecule has 2 aromatic heterocycles. The molecule has 9 heteroatoms. The van der Waals surface area contributed by atoms with E-state index in [1.54, 1.807) is 48.4 Å². The third-order valence-corrected chi connectivity index (χ3v) is 6.60. The van der Waals surface area contributed by atoms with Gasteiger partial charge < -0.3 is 10.1 Å². The summed E-state index contributed by atoms with van der Waals surface area (Å²) in [5, 5.41) is 8.29. The van der Waals surface area contributed by atoms with Gasteiger partial charge in [-0.25, -0.2) is 14.4 Å². The second kappa shape index (κ2) is 10.1. The van der Waals surface area contributed by atoms with Gasteiger partial charge in [0, 0.05) is 50.0 Å². The number of nitrogens with one attached hydrogen (secondary N) is 1. The van der Waals surface area contributed by atoms with Crippen LogP contribution in [0.2, 0.25) is 5.02 Å². The molecule has 7 nitrogen and oxygen atoms in total. The Labute approximate surface area is 207 Å². The van der Waals surface area contributed by atoms with Crippen LogP contribution in [0.4, 0.5) is 4.39 Å². The Balaban J connectivity index is 1.41. The Morgan fingerprint density at radius 1 is 1.23 bits per heavy atom. The van der Waals surface area contributed by atoms with Gasteiger partial charge in [-0.05, 0) is 54.7 Å². The molecule has 2 aromatic carbocycles. The van der Waals surface area contributed by atoms with Gasteiger partial charge in [-0.1, -0.05) is 23.7 Å². The second-order valence-corrected chi connectivity index (χ2v) is 9.22. The van der Waals surface area contributed by atoms with Crippen LogP contribution >= 0.6 is 11.6 Å². The fraction of sp³-hybridized carbons (Fsp3) is 0.308. The summed E-state index contributed by atoms with van der Waals surface area (Å²) in [6, 6.07) is 10.9. The number of hydrogen-bond donors (Lipinski definition) is 1. The van der Waals surface area contributed by atoms with Crippen LogP contribution in [0.1, 0.15) is 46.3 Å². The van der Waals surface area contributed by atoms with Crippen molar-refractivity contribution in [2.75, 3.05) is 13.2 Å². The van der Waals surface area contributed by atoms with E-state index in [9.17, 15) is 9.18 Å². The maximum atomic E-state index is 14.2. The third kappa shape index (κ3) is 5.33. The molecular formula is C26H25ClFN5O2. The first kappa shape index (κ1) is 23.4. The highest BCUT2D eigenvalue weighted by atomic mass is 35.5. The largest absolute Gasteiger partial charge is 0.381 e. The molecule has 0 radical (unpaired) electrons. The number of ether oxygens (including phenoxy) is 1. The third-order valence-electron chi connectivity index (χ3n) is 6.29. The van der Waals surface area contributed by atoms with E-state index in [1.807, 2.05) is 6.07 Å². The molecule has 0 bridgehead atoms. The second-order valence-electron chi connectivity index (χ2n) is 8.81. The van der Waals surface area contributed by atoms with Gasteiger partial charge in [0.25, 0.3) is 5.91 Å². The minimum atomic E-state index is -0.652. The van der Waals surface area contributed by atoms with Crippen LogP contribution in [0.3, 0.4) is 0 Å². The number of fused-ring (bicyclic) bond motifs is 1. The van der Waals surface area contributed by atoms with Gasteiger partial charge in [0.05, 0.1) is 22.3 Å². The molecule has 1 aliphatic heterocycles. The first-order chi connectivity index (χ1) is 17.0. The van der Waals surface area contributed by atoms with Gasteiger partial charge in [0.2, 0.25) is 0 Å². The van der Waals surface area contributed by atoms with Crippen LogP contribution in [0.15, 0.2) is 54.9 Å². The molecule has 1 unspecified atom stereocenters. The van der Waals surface area contributed by atoms with Crippen molar-refractivity contribution in [2.24, 2.45) is 13.0 Å². The summed E-state index contributed by atoms with van der Waals surface area (Å²) in [6.07, 6.45) is 6.37. The topological polar surface area (TPSA) is 81.9 Å². The van der Waals surface area contributed by atoms with Crippen LogP contribution in [-0.2, 0) is 18.2 Å². The quantitative estimate of drug-likeness (QED) is 0.423. The maximum absolute atomic E-state index is 14.2. The molecule has 4 aromatic rings. The molecule has 3 heterocycles. The number of benzene rings is 2. The average Bonchev–Trinajstić information content (AvgIpc) is 3.30. The molecule has 1 atom stereocenters. The zero-order valence-corrected chi connectivity index (χ0v) is 20.0. The molecular weight excluding hydrogens is 469 g/mol. The van der Waals surface area contributed by atoms with E-state index in [-0.39, 0.29) is 10.9 Å². The molecule has 1 fully saturated rings. The fourth-order valence-corrected chi connectivity index (χ4v) is 4.45. The van der Waals surface area contributed by atoms with Crippen molar-refractivity contribution in [1.29, 1.82) is 0 Å². The summed E-state index contributed by atoms with van der Waals surface area (Å²) < 4.78 is 21.3. The monoisotopic (exact) mass is 493 g/mol. The molecule has 1 aliphatic rings. The van der Waals surface area contributed by atoms with E-state index >= 15 is 0 Å². The van der Waals surface area contributed by atoms with Gasteiger partial charge in [0.1, 0.15) is 11.6 Å². The van der Waals surface area contributed by atoms with Gasteiger partial charge in [-0.2, -0.15) is 5.10 Å². The molecule has 0 saturated carbocycles. The van der Waals surface area contributed by atoms with Crippen molar-refractivity contribution < 1.29 is 13.9 Å². The Morgan fingerprint density at radius 2 is 2.06 bits per heavy atom. The maximum Gasteiger partial charge on any atom is 0.252 e. The minimum Gasteiger partial charge on any atom is -0.381 e. The summed E-state index contributed by atoms with van der Waals surface area (Å²) >= 11 is 5.87. The standard InChI is InChI=1S/C26H25ClFN5O2/c1-33-9-6-22(32-33)25(17-4-5-20(27)21(28)13-17)31-26(34)18-2-3-19-15-29-24(30-23(19)14-18)12-16-7-10-35-11-8-16/h2-6,9,13-16,25H,7-8,10-12H2,1H3,(H,31,34). The van der Waals surface area contributed by atoms with Crippen LogP contribution in [-0.4, -0.2) is 38.9 Å². The normalized spacial score (nSPS) is 15.3. The van der Waals surface area contributed by atoms with E-state index in [2.05, 4.69) is 15.4 Å². The number of hydrogen-bond acceptors (Lipinski definition) is 5. The minimum absolute atomic E-state index is 0.0191. The van der Waals surface area contributed by atoms with Gasteiger partial charge in [-0.15, -0.1) is 0 Å². The predicted molar refractivity (Wildman–Crippen MR) is 131 cm³/mol. The number of carbonyl (C=O) groups excluding carboxylic acids is 1. The lowest BCUT2D eigenvalue weighted by Gasteiger charge is -2.21. The molecule has 180 valence electrons. The van der Waals surface area contributed by atoms with E-state index < -0.39 is 11.9 Å². The van der Waals surface area contributed by atoms with Gasteiger partial charge >= 0.3 is 0 Å². The van der Waals surface area contributed by atoms with Crippen LogP contribution < -0.4 is 5.32 Å². The molecule has 0 aliphatic carbocycles. The van der Waals surface area contributed by atoms with E-state index in [0.29, 0.717) is 28.3 Å². The fourth-order valence-electron chi connectivity index (χ4n) is 4.33. The Bertz CT molecular complexity index is 1370. The lowest BCUT2D eigenvalue weighted by atomic mass is 9.96.